The summed E-state index contributed by atoms with van der Waals surface area (Å²) in [7, 11) is 0. The molecular weight excluding hydrogens is 254 g/mol. The van der Waals surface area contributed by atoms with Crippen molar-refractivity contribution in [2.45, 2.75) is 18.9 Å². The van der Waals surface area contributed by atoms with Gasteiger partial charge >= 0.3 is 5.97 Å². The molecular formula is C11H13N3O5. The van der Waals surface area contributed by atoms with Crippen molar-refractivity contribution < 1.29 is 19.5 Å². The molecule has 102 valence electrons. The summed E-state index contributed by atoms with van der Waals surface area (Å²) in [6, 6.07) is 2.68. The fraction of sp³-hybridized carbons (Fsp3) is 0.273. The molecule has 0 aliphatic heterocycles. The number of hydrogen-bond donors (Lipinski definition) is 4. The van der Waals surface area contributed by atoms with Gasteiger partial charge in [-0.15, -0.1) is 0 Å². The van der Waals surface area contributed by atoms with Gasteiger partial charge in [-0.2, -0.15) is 0 Å². The van der Waals surface area contributed by atoms with Gasteiger partial charge in [-0.25, -0.2) is 4.79 Å². The normalized spacial score (nSPS) is 11.6. The number of aromatic nitrogens is 1. The van der Waals surface area contributed by atoms with Gasteiger partial charge in [0, 0.05) is 12.5 Å². The number of rotatable bonds is 6. The maximum atomic E-state index is 11.7. The van der Waals surface area contributed by atoms with Crippen molar-refractivity contribution in [3.63, 3.8) is 0 Å². The number of hydrogen-bond acceptors (Lipinski definition) is 4. The van der Waals surface area contributed by atoms with Crippen LogP contribution in [0.2, 0.25) is 0 Å². The van der Waals surface area contributed by atoms with Crippen LogP contribution in [0.3, 0.4) is 0 Å². The molecule has 0 saturated heterocycles. The third-order valence-electron chi connectivity index (χ3n) is 2.30. The molecule has 0 saturated carbocycles. The van der Waals surface area contributed by atoms with Crippen molar-refractivity contribution in [3.8, 4) is 0 Å². The van der Waals surface area contributed by atoms with Crippen LogP contribution in [0.4, 0.5) is 0 Å². The number of pyridine rings is 1. The molecule has 5 N–H and O–H groups in total. The Labute approximate surface area is 107 Å². The van der Waals surface area contributed by atoms with E-state index in [9.17, 15) is 19.2 Å². The Morgan fingerprint density at radius 2 is 2.05 bits per heavy atom. The average molecular weight is 267 g/mol. The molecule has 8 heteroatoms. The molecule has 1 aromatic heterocycles. The summed E-state index contributed by atoms with van der Waals surface area (Å²) in [5.74, 6) is -2.68. The van der Waals surface area contributed by atoms with Crippen molar-refractivity contribution in [3.05, 3.63) is 34.2 Å². The molecule has 0 aromatic carbocycles. The number of carbonyl (C=O) groups excluding carboxylic acids is 2. The Morgan fingerprint density at radius 3 is 2.58 bits per heavy atom. The molecule has 0 fully saturated rings. The fourth-order valence-corrected chi connectivity index (χ4v) is 1.36. The van der Waals surface area contributed by atoms with Gasteiger partial charge in [0.1, 0.15) is 11.7 Å². The minimum Gasteiger partial charge on any atom is -0.480 e. The van der Waals surface area contributed by atoms with Gasteiger partial charge in [-0.1, -0.05) is 6.07 Å². The van der Waals surface area contributed by atoms with Crippen LogP contribution in [0, 0.1) is 0 Å². The predicted molar refractivity (Wildman–Crippen MR) is 64.4 cm³/mol. The third-order valence-corrected chi connectivity index (χ3v) is 2.30. The van der Waals surface area contributed by atoms with Gasteiger partial charge in [0.2, 0.25) is 11.5 Å². The van der Waals surface area contributed by atoms with Crippen LogP contribution < -0.4 is 16.6 Å². The first-order valence-corrected chi connectivity index (χ1v) is 5.41. The first-order chi connectivity index (χ1) is 8.90. The van der Waals surface area contributed by atoms with Crippen molar-refractivity contribution in [1.82, 2.24) is 10.3 Å². The van der Waals surface area contributed by atoms with E-state index in [0.29, 0.717) is 0 Å². The van der Waals surface area contributed by atoms with Crippen LogP contribution in [0.1, 0.15) is 23.3 Å². The minimum atomic E-state index is -1.28. The van der Waals surface area contributed by atoms with Gasteiger partial charge in [0.05, 0.1) is 0 Å². The van der Waals surface area contributed by atoms with Crippen molar-refractivity contribution in [1.29, 1.82) is 0 Å². The van der Waals surface area contributed by atoms with Crippen molar-refractivity contribution in [2.75, 3.05) is 0 Å². The summed E-state index contributed by atoms with van der Waals surface area (Å²) >= 11 is 0. The van der Waals surface area contributed by atoms with Crippen molar-refractivity contribution >= 4 is 17.8 Å². The molecule has 1 aromatic rings. The number of aliphatic carboxylic acids is 1. The monoisotopic (exact) mass is 267 g/mol. The molecule has 0 aliphatic carbocycles. The van der Waals surface area contributed by atoms with E-state index in [1.54, 1.807) is 0 Å². The lowest BCUT2D eigenvalue weighted by molar-refractivity contribution is -0.139. The molecule has 1 atom stereocenters. The summed E-state index contributed by atoms with van der Waals surface area (Å²) in [5, 5.41) is 11.1. The van der Waals surface area contributed by atoms with E-state index in [0.717, 1.165) is 0 Å². The molecule has 2 amide bonds. The largest absolute Gasteiger partial charge is 0.480 e. The van der Waals surface area contributed by atoms with Gasteiger partial charge in [0.15, 0.2) is 0 Å². The number of amides is 2. The van der Waals surface area contributed by atoms with E-state index in [-0.39, 0.29) is 18.5 Å². The van der Waals surface area contributed by atoms with Crippen LogP contribution in [-0.2, 0) is 9.59 Å². The first kappa shape index (κ1) is 14.4. The Morgan fingerprint density at radius 1 is 1.37 bits per heavy atom. The number of carboxylic acid groups (broad SMARTS) is 1. The van der Waals surface area contributed by atoms with E-state index in [1.807, 2.05) is 0 Å². The zero-order valence-corrected chi connectivity index (χ0v) is 9.88. The highest BCUT2D eigenvalue weighted by Gasteiger charge is 2.21. The summed E-state index contributed by atoms with van der Waals surface area (Å²) in [6.07, 6.45) is -0.282. The van der Waals surface area contributed by atoms with Crippen LogP contribution >= 0.6 is 0 Å². The Bertz CT molecular complexity index is 551. The summed E-state index contributed by atoms with van der Waals surface area (Å²) in [6.45, 7) is 0. The standard InChI is InChI=1S/C11H13N3O5/c12-8(15)5-4-7(11(18)19)14-10(17)6-2-1-3-9(16)13-6/h1-3,7H,4-5H2,(H2,12,15)(H,13,16)(H,14,17)(H,18,19)/t7-/m1/s1. The van der Waals surface area contributed by atoms with Crippen molar-refractivity contribution in [2.24, 2.45) is 5.73 Å². The maximum absolute atomic E-state index is 11.7. The zero-order chi connectivity index (χ0) is 14.4. The molecule has 0 bridgehead atoms. The Hall–Kier alpha value is -2.64. The van der Waals surface area contributed by atoms with Gasteiger partial charge in [-0.05, 0) is 12.5 Å². The highest BCUT2D eigenvalue weighted by molar-refractivity contribution is 5.95. The third kappa shape index (κ3) is 4.62. The summed E-state index contributed by atoms with van der Waals surface area (Å²) in [4.78, 5) is 46.5. The first-order valence-electron chi connectivity index (χ1n) is 5.41. The zero-order valence-electron chi connectivity index (χ0n) is 9.88. The second-order valence-corrected chi connectivity index (χ2v) is 3.80. The lowest BCUT2D eigenvalue weighted by Crippen LogP contribution is -2.42. The van der Waals surface area contributed by atoms with Crippen LogP contribution in [0.5, 0.6) is 0 Å². The van der Waals surface area contributed by atoms with E-state index in [2.05, 4.69) is 10.3 Å². The number of aromatic amines is 1. The van der Waals surface area contributed by atoms with Gasteiger partial charge in [0.25, 0.3) is 5.91 Å². The summed E-state index contributed by atoms with van der Waals surface area (Å²) < 4.78 is 0. The lowest BCUT2D eigenvalue weighted by Gasteiger charge is -2.13. The molecule has 1 heterocycles. The second kappa shape index (κ2) is 6.34. The van der Waals surface area contributed by atoms with Gasteiger partial charge in [-0.3, -0.25) is 14.4 Å². The van der Waals surface area contributed by atoms with E-state index < -0.39 is 29.4 Å². The molecule has 19 heavy (non-hydrogen) atoms. The molecule has 1 rings (SSSR count). The number of primary amides is 1. The second-order valence-electron chi connectivity index (χ2n) is 3.80. The molecule has 0 radical (unpaired) electrons. The van der Waals surface area contributed by atoms with Crippen LogP contribution in [0.25, 0.3) is 0 Å². The van der Waals surface area contributed by atoms with E-state index in [4.69, 9.17) is 10.8 Å². The Balaban J connectivity index is 2.74. The summed E-state index contributed by atoms with van der Waals surface area (Å²) in [5.41, 5.74) is 4.38. The SMILES string of the molecule is NC(=O)CC[C@@H](NC(=O)c1cccc(=O)[nH]1)C(=O)O. The topological polar surface area (TPSA) is 142 Å². The van der Waals surface area contributed by atoms with Gasteiger partial charge < -0.3 is 21.1 Å². The van der Waals surface area contributed by atoms with Crippen LogP contribution in [0.15, 0.2) is 23.0 Å². The number of H-pyrrole nitrogens is 1. The lowest BCUT2D eigenvalue weighted by atomic mass is 10.1. The quantitative estimate of drug-likeness (QED) is 0.513. The Kier molecular flexibility index (Phi) is 4.81. The van der Waals surface area contributed by atoms with E-state index in [1.165, 1.54) is 18.2 Å². The maximum Gasteiger partial charge on any atom is 0.326 e. The average Bonchev–Trinajstić information content (AvgIpc) is 2.33. The number of nitrogens with one attached hydrogen (secondary N) is 2. The van der Waals surface area contributed by atoms with Crippen LogP contribution in [-0.4, -0.2) is 33.9 Å². The number of nitrogens with two attached hydrogens (primary N) is 1. The molecule has 0 spiro atoms. The number of carboxylic acids is 1. The molecule has 0 unspecified atom stereocenters. The predicted octanol–water partition coefficient (Wildman–Crippen LogP) is -1.18. The molecule has 0 aliphatic rings. The van der Waals surface area contributed by atoms with E-state index >= 15 is 0 Å². The highest BCUT2D eigenvalue weighted by atomic mass is 16.4. The molecule has 8 nitrogen and oxygen atoms in total. The number of carbonyl (C=O) groups is 3. The smallest absolute Gasteiger partial charge is 0.326 e. The fourth-order valence-electron chi connectivity index (χ4n) is 1.36. The minimum absolute atomic E-state index is 0.0576. The highest BCUT2D eigenvalue weighted by Crippen LogP contribution is 1.99.